The summed E-state index contributed by atoms with van der Waals surface area (Å²) in [5.74, 6) is -0.430. The van der Waals surface area contributed by atoms with Crippen LogP contribution in [0.4, 0.5) is 10.9 Å². The molecule has 0 saturated carbocycles. The van der Waals surface area contributed by atoms with Crippen LogP contribution >= 0.6 is 22.7 Å². The van der Waals surface area contributed by atoms with Gasteiger partial charge in [-0.2, -0.15) is 0 Å². The van der Waals surface area contributed by atoms with E-state index in [1.807, 2.05) is 29.6 Å². The Labute approximate surface area is 210 Å². The minimum absolute atomic E-state index is 0.0778. The number of benzene rings is 1. The highest BCUT2D eigenvalue weighted by Crippen LogP contribution is 2.36. The third-order valence-electron chi connectivity index (χ3n) is 4.95. The molecule has 35 heavy (non-hydrogen) atoms. The molecule has 3 heterocycles. The number of aromatic carboxylic acids is 1. The summed E-state index contributed by atoms with van der Waals surface area (Å²) in [5, 5.41) is 15.4. The predicted molar refractivity (Wildman–Crippen MR) is 139 cm³/mol. The molecule has 0 fully saturated rings. The van der Waals surface area contributed by atoms with Gasteiger partial charge in [0.25, 0.3) is 5.91 Å². The van der Waals surface area contributed by atoms with Crippen molar-refractivity contribution in [3.05, 3.63) is 64.5 Å². The molecule has 3 aromatic heterocycles. The van der Waals surface area contributed by atoms with E-state index in [1.165, 1.54) is 22.7 Å². The van der Waals surface area contributed by atoms with E-state index >= 15 is 0 Å². The second kappa shape index (κ2) is 10.7. The number of carbonyl (C=O) groups is 2. The van der Waals surface area contributed by atoms with E-state index in [1.54, 1.807) is 24.4 Å². The van der Waals surface area contributed by atoms with Gasteiger partial charge in [0.1, 0.15) is 17.1 Å². The average molecular weight is 509 g/mol. The molecule has 0 spiro atoms. The molecule has 180 valence electrons. The van der Waals surface area contributed by atoms with E-state index in [0.717, 1.165) is 33.0 Å². The monoisotopic (exact) mass is 508 g/mol. The molecule has 0 bridgehead atoms. The first kappa shape index (κ1) is 24.4. The van der Waals surface area contributed by atoms with Gasteiger partial charge in [-0.15, -0.1) is 22.7 Å². The number of hydrogen-bond acceptors (Lipinski definition) is 8. The topological polar surface area (TPSA) is 127 Å². The molecular weight excluding hydrogens is 484 g/mol. The van der Waals surface area contributed by atoms with Crippen LogP contribution < -0.4 is 15.8 Å². The molecule has 0 unspecified atom stereocenters. The largest absolute Gasteiger partial charge is 0.484 e. The number of rotatable bonds is 10. The van der Waals surface area contributed by atoms with Gasteiger partial charge in [0, 0.05) is 27.1 Å². The van der Waals surface area contributed by atoms with Crippen molar-refractivity contribution in [2.45, 2.75) is 20.3 Å². The van der Waals surface area contributed by atoms with E-state index in [0.29, 0.717) is 16.8 Å². The summed E-state index contributed by atoms with van der Waals surface area (Å²) in [4.78, 5) is 34.1. The number of thiazole rings is 1. The number of amides is 1. The number of carboxylic acid groups (broad SMARTS) is 1. The van der Waals surface area contributed by atoms with Gasteiger partial charge in [0.2, 0.25) is 0 Å². The van der Waals surface area contributed by atoms with Crippen molar-refractivity contribution in [3.8, 4) is 27.4 Å². The van der Waals surface area contributed by atoms with Crippen molar-refractivity contribution in [3.63, 3.8) is 0 Å². The molecule has 0 atom stereocenters. The van der Waals surface area contributed by atoms with E-state index in [4.69, 9.17) is 15.5 Å². The standard InChI is InChI=1S/C25H24N4O4S2/c1-14(2)10-20-22(15-5-7-17(8-6-15)33-13-21(26)30)28-25(35-20)29-23-18(24(31)32)11-16(12-27-23)19-4-3-9-34-19/h3-9,11-12,14H,10,13H2,1-2H3,(H2,26,30)(H,31,32)(H,27,28,29). The summed E-state index contributed by atoms with van der Waals surface area (Å²) < 4.78 is 5.34. The number of hydrogen-bond donors (Lipinski definition) is 3. The average Bonchev–Trinajstić information content (AvgIpc) is 3.48. The fraction of sp³-hybridized carbons (Fsp3) is 0.200. The fourth-order valence-corrected chi connectivity index (χ4v) is 5.31. The third kappa shape index (κ3) is 6.03. The summed E-state index contributed by atoms with van der Waals surface area (Å²) in [6, 6.07) is 12.7. The Morgan fingerprint density at radius 3 is 2.57 bits per heavy atom. The Morgan fingerprint density at radius 2 is 1.94 bits per heavy atom. The molecule has 0 radical (unpaired) electrons. The summed E-state index contributed by atoms with van der Waals surface area (Å²) in [5.41, 5.74) is 7.65. The Morgan fingerprint density at radius 1 is 1.17 bits per heavy atom. The molecule has 8 nitrogen and oxygen atoms in total. The number of nitrogens with one attached hydrogen (secondary N) is 1. The van der Waals surface area contributed by atoms with Crippen LogP contribution in [-0.4, -0.2) is 33.6 Å². The number of primary amides is 1. The molecule has 4 rings (SSSR count). The number of carbonyl (C=O) groups excluding carboxylic acids is 1. The second-order valence-corrected chi connectivity index (χ2v) is 10.2. The number of thiophene rings is 1. The lowest BCUT2D eigenvalue weighted by Crippen LogP contribution is -2.19. The van der Waals surface area contributed by atoms with Crippen LogP contribution in [0, 0.1) is 5.92 Å². The Kier molecular flexibility index (Phi) is 7.42. The smallest absolute Gasteiger partial charge is 0.339 e. The fourth-order valence-electron chi connectivity index (χ4n) is 3.41. The Hall–Kier alpha value is -3.76. The van der Waals surface area contributed by atoms with Crippen LogP contribution in [-0.2, 0) is 11.2 Å². The van der Waals surface area contributed by atoms with Gasteiger partial charge in [-0.1, -0.05) is 19.9 Å². The van der Waals surface area contributed by atoms with Crippen LogP contribution in [0.2, 0.25) is 0 Å². The maximum Gasteiger partial charge on any atom is 0.339 e. The summed E-state index contributed by atoms with van der Waals surface area (Å²) in [6.45, 7) is 4.07. The van der Waals surface area contributed by atoms with Crippen LogP contribution in [0.5, 0.6) is 5.75 Å². The minimum Gasteiger partial charge on any atom is -0.484 e. The first-order valence-electron chi connectivity index (χ1n) is 10.9. The zero-order valence-electron chi connectivity index (χ0n) is 19.1. The van der Waals surface area contributed by atoms with Crippen LogP contribution in [0.25, 0.3) is 21.7 Å². The van der Waals surface area contributed by atoms with Gasteiger partial charge >= 0.3 is 5.97 Å². The first-order chi connectivity index (χ1) is 16.8. The van der Waals surface area contributed by atoms with Crippen LogP contribution in [0.15, 0.2) is 54.0 Å². The quantitative estimate of drug-likeness (QED) is 0.260. The van der Waals surface area contributed by atoms with E-state index < -0.39 is 11.9 Å². The zero-order chi connectivity index (χ0) is 24.9. The minimum atomic E-state index is -1.07. The van der Waals surface area contributed by atoms with E-state index in [9.17, 15) is 14.7 Å². The first-order valence-corrected chi connectivity index (χ1v) is 12.5. The molecule has 4 N–H and O–H groups in total. The summed E-state index contributed by atoms with van der Waals surface area (Å²) >= 11 is 3.00. The van der Waals surface area contributed by atoms with Gasteiger partial charge in [-0.25, -0.2) is 14.8 Å². The van der Waals surface area contributed by atoms with Crippen molar-refractivity contribution in [1.29, 1.82) is 0 Å². The lowest BCUT2D eigenvalue weighted by molar-refractivity contribution is -0.119. The highest BCUT2D eigenvalue weighted by molar-refractivity contribution is 7.16. The van der Waals surface area contributed by atoms with Crippen molar-refractivity contribution in [1.82, 2.24) is 9.97 Å². The molecule has 1 amide bonds. The maximum atomic E-state index is 12.0. The van der Waals surface area contributed by atoms with Gasteiger partial charge < -0.3 is 20.9 Å². The van der Waals surface area contributed by atoms with Crippen LogP contribution in [0.1, 0.15) is 29.1 Å². The van der Waals surface area contributed by atoms with E-state index in [-0.39, 0.29) is 18.0 Å². The molecule has 0 saturated heterocycles. The maximum absolute atomic E-state index is 12.0. The molecule has 0 aliphatic heterocycles. The number of nitrogens with two attached hydrogens (primary N) is 1. The van der Waals surface area contributed by atoms with E-state index in [2.05, 4.69) is 24.1 Å². The number of nitrogens with zero attached hydrogens (tertiary/aromatic N) is 2. The van der Waals surface area contributed by atoms with Crippen LogP contribution in [0.3, 0.4) is 0 Å². The number of carboxylic acids is 1. The third-order valence-corrected chi connectivity index (χ3v) is 6.86. The van der Waals surface area contributed by atoms with Gasteiger partial charge in [-0.3, -0.25) is 4.79 Å². The number of anilines is 2. The van der Waals surface area contributed by atoms with Gasteiger partial charge in [0.15, 0.2) is 11.7 Å². The Balaban J connectivity index is 1.64. The zero-order valence-corrected chi connectivity index (χ0v) is 20.8. The second-order valence-electron chi connectivity index (χ2n) is 8.20. The van der Waals surface area contributed by atoms with Crippen molar-refractivity contribution in [2.24, 2.45) is 11.7 Å². The highest BCUT2D eigenvalue weighted by atomic mass is 32.1. The predicted octanol–water partition coefficient (Wildman–Crippen LogP) is 5.44. The normalized spacial score (nSPS) is 10.9. The molecular formula is C25H24N4O4S2. The van der Waals surface area contributed by atoms with Gasteiger partial charge in [0.05, 0.1) is 5.69 Å². The van der Waals surface area contributed by atoms with Crippen molar-refractivity contribution < 1.29 is 19.4 Å². The molecule has 10 heteroatoms. The lowest BCUT2D eigenvalue weighted by atomic mass is 10.0. The molecule has 4 aromatic rings. The number of pyridine rings is 1. The number of aromatic nitrogens is 2. The summed E-state index contributed by atoms with van der Waals surface area (Å²) in [7, 11) is 0. The Bertz CT molecular complexity index is 1330. The van der Waals surface area contributed by atoms with Gasteiger partial charge in [-0.05, 0) is 54.1 Å². The number of ether oxygens (including phenoxy) is 1. The highest BCUT2D eigenvalue weighted by Gasteiger charge is 2.19. The lowest BCUT2D eigenvalue weighted by Gasteiger charge is -2.08. The summed E-state index contributed by atoms with van der Waals surface area (Å²) in [6.07, 6.45) is 2.47. The molecule has 0 aliphatic carbocycles. The molecule has 0 aliphatic rings. The molecule has 1 aromatic carbocycles. The van der Waals surface area contributed by atoms with Crippen molar-refractivity contribution >= 4 is 45.5 Å². The van der Waals surface area contributed by atoms with Crippen molar-refractivity contribution in [2.75, 3.05) is 11.9 Å². The SMILES string of the molecule is CC(C)Cc1sc(Nc2ncc(-c3cccs3)cc2C(=O)O)nc1-c1ccc(OCC(N)=O)cc1.